The molecule has 1 fully saturated rings. The number of ether oxygens (including phenoxy) is 1. The van der Waals surface area contributed by atoms with Gasteiger partial charge in [-0.25, -0.2) is 0 Å². The summed E-state index contributed by atoms with van der Waals surface area (Å²) in [4.78, 5) is 27.9. The second-order valence-corrected chi connectivity index (χ2v) is 10.4. The van der Waals surface area contributed by atoms with Gasteiger partial charge in [-0.15, -0.1) is 0 Å². The predicted molar refractivity (Wildman–Crippen MR) is 136 cm³/mol. The smallest absolute Gasteiger partial charge is 0.255 e. The number of carbonyl (C=O) groups excluding carboxylic acids is 2. The van der Waals surface area contributed by atoms with Crippen LogP contribution in [0, 0.1) is 5.41 Å². The molecule has 34 heavy (non-hydrogen) atoms. The minimum Gasteiger partial charge on any atom is -0.493 e. The lowest BCUT2D eigenvalue weighted by Crippen LogP contribution is -2.48. The third-order valence-electron chi connectivity index (χ3n) is 7.09. The van der Waals surface area contributed by atoms with Gasteiger partial charge in [0.2, 0.25) is 5.91 Å². The highest BCUT2D eigenvalue weighted by molar-refractivity contribution is 6.31. The molecule has 2 amide bonds. The van der Waals surface area contributed by atoms with E-state index in [1.54, 1.807) is 18.2 Å². The van der Waals surface area contributed by atoms with Crippen LogP contribution in [0.4, 0.5) is 0 Å². The molecule has 4 rings (SSSR count). The Balaban J connectivity index is 1.42. The van der Waals surface area contributed by atoms with Gasteiger partial charge in [-0.2, -0.15) is 0 Å². The first-order chi connectivity index (χ1) is 16.4. The average molecular weight is 503 g/mol. The zero-order valence-electron chi connectivity index (χ0n) is 19.5. The van der Waals surface area contributed by atoms with Gasteiger partial charge < -0.3 is 15.0 Å². The Labute approximate surface area is 211 Å². The van der Waals surface area contributed by atoms with Gasteiger partial charge in [0.25, 0.3) is 5.91 Å². The SMILES string of the molecule is O=C1NCC2(CCCCCCOc3ccc(Cl)cc31)CCN(C(=O)Cc1cccc(Cl)c1)CC2. The number of hydrogen-bond acceptors (Lipinski definition) is 3. The first-order valence-electron chi connectivity index (χ1n) is 12.2. The fourth-order valence-corrected chi connectivity index (χ4v) is 5.37. The van der Waals surface area contributed by atoms with Gasteiger partial charge >= 0.3 is 0 Å². The van der Waals surface area contributed by atoms with E-state index < -0.39 is 0 Å². The summed E-state index contributed by atoms with van der Waals surface area (Å²) in [6.45, 7) is 2.60. The molecule has 2 aliphatic heterocycles. The molecule has 182 valence electrons. The fourth-order valence-electron chi connectivity index (χ4n) is 4.99. The molecule has 1 spiro atoms. The number of hydrogen-bond donors (Lipinski definition) is 1. The third-order valence-corrected chi connectivity index (χ3v) is 7.56. The summed E-state index contributed by atoms with van der Waals surface area (Å²) in [6.07, 6.45) is 7.50. The monoisotopic (exact) mass is 502 g/mol. The third kappa shape index (κ3) is 6.45. The first kappa shape index (κ1) is 24.9. The summed E-state index contributed by atoms with van der Waals surface area (Å²) in [5.41, 5.74) is 1.42. The summed E-state index contributed by atoms with van der Waals surface area (Å²) in [5, 5.41) is 4.33. The number of nitrogens with zero attached hydrogens (tertiary/aromatic N) is 1. The summed E-state index contributed by atoms with van der Waals surface area (Å²) in [7, 11) is 0. The van der Waals surface area contributed by atoms with Crippen molar-refractivity contribution in [2.24, 2.45) is 5.41 Å². The second kappa shape index (κ2) is 11.5. The van der Waals surface area contributed by atoms with E-state index in [1.807, 2.05) is 29.2 Å². The summed E-state index contributed by atoms with van der Waals surface area (Å²) >= 11 is 12.2. The van der Waals surface area contributed by atoms with Crippen molar-refractivity contribution in [3.8, 4) is 5.75 Å². The molecule has 7 heteroatoms. The van der Waals surface area contributed by atoms with Gasteiger partial charge in [0.15, 0.2) is 0 Å². The molecule has 0 aliphatic carbocycles. The fraction of sp³-hybridized carbons (Fsp3) is 0.481. The van der Waals surface area contributed by atoms with E-state index in [0.29, 0.717) is 54.0 Å². The molecule has 0 aromatic heterocycles. The zero-order valence-corrected chi connectivity index (χ0v) is 21.0. The Kier molecular flexibility index (Phi) is 8.38. The predicted octanol–water partition coefficient (Wildman–Crippen LogP) is 5.92. The van der Waals surface area contributed by atoms with Crippen LogP contribution in [0.25, 0.3) is 0 Å². The highest BCUT2D eigenvalue weighted by atomic mass is 35.5. The Morgan fingerprint density at radius 3 is 2.53 bits per heavy atom. The van der Waals surface area contributed by atoms with Crippen LogP contribution < -0.4 is 10.1 Å². The van der Waals surface area contributed by atoms with Crippen molar-refractivity contribution in [3.63, 3.8) is 0 Å². The quantitative estimate of drug-likeness (QED) is 0.554. The van der Waals surface area contributed by atoms with Crippen molar-refractivity contribution >= 4 is 35.0 Å². The summed E-state index contributed by atoms with van der Waals surface area (Å²) in [6, 6.07) is 12.7. The van der Waals surface area contributed by atoms with E-state index in [0.717, 1.165) is 50.5 Å². The maximum Gasteiger partial charge on any atom is 0.255 e. The molecule has 0 radical (unpaired) electrons. The highest BCUT2D eigenvalue weighted by Gasteiger charge is 2.36. The largest absolute Gasteiger partial charge is 0.493 e. The van der Waals surface area contributed by atoms with Crippen molar-refractivity contribution in [2.45, 2.75) is 51.4 Å². The Bertz CT molecular complexity index is 1020. The molecule has 5 nitrogen and oxygen atoms in total. The Morgan fingerprint density at radius 2 is 1.74 bits per heavy atom. The highest BCUT2D eigenvalue weighted by Crippen LogP contribution is 2.37. The number of likely N-dealkylation sites (tertiary alicyclic amines) is 1. The maximum absolute atomic E-state index is 13.1. The number of rotatable bonds is 2. The normalized spacial score (nSPS) is 19.1. The number of amides is 2. The van der Waals surface area contributed by atoms with Crippen LogP contribution in [0.1, 0.15) is 60.9 Å². The molecule has 0 unspecified atom stereocenters. The number of piperidine rings is 1. The van der Waals surface area contributed by atoms with E-state index in [1.165, 1.54) is 0 Å². The lowest BCUT2D eigenvalue weighted by atomic mass is 9.74. The van der Waals surface area contributed by atoms with Gasteiger partial charge in [-0.3, -0.25) is 9.59 Å². The Hall–Kier alpha value is -2.24. The van der Waals surface area contributed by atoms with Gasteiger partial charge in [0.1, 0.15) is 5.75 Å². The number of carbonyl (C=O) groups is 2. The van der Waals surface area contributed by atoms with Crippen LogP contribution >= 0.6 is 23.2 Å². The number of fused-ring (bicyclic) bond motifs is 1. The van der Waals surface area contributed by atoms with Gasteiger partial charge in [-0.1, -0.05) is 54.6 Å². The average Bonchev–Trinajstić information content (AvgIpc) is 2.84. The van der Waals surface area contributed by atoms with Crippen LogP contribution in [0.2, 0.25) is 10.0 Å². The van der Waals surface area contributed by atoms with Gasteiger partial charge in [-0.05, 0) is 67.0 Å². The van der Waals surface area contributed by atoms with E-state index in [9.17, 15) is 9.59 Å². The molecule has 2 aliphatic rings. The molecule has 2 aromatic rings. The molecular formula is C27H32Cl2N2O3. The van der Waals surface area contributed by atoms with E-state index >= 15 is 0 Å². The van der Waals surface area contributed by atoms with Crippen molar-refractivity contribution in [1.29, 1.82) is 0 Å². The minimum atomic E-state index is -0.157. The molecule has 1 saturated heterocycles. The van der Waals surface area contributed by atoms with Crippen LogP contribution in [-0.4, -0.2) is 43.0 Å². The standard InChI is InChI=1S/C27H32Cl2N2O3/c28-21-7-5-6-20(16-21)17-25(32)31-13-11-27(12-14-31)10-3-1-2-4-15-34-24-9-8-22(29)18-23(24)26(33)30-19-27/h5-9,16,18H,1-4,10-15,17,19H2,(H,30,33). The molecule has 0 bridgehead atoms. The molecule has 1 N–H and O–H groups in total. The summed E-state index contributed by atoms with van der Waals surface area (Å²) < 4.78 is 5.89. The molecular weight excluding hydrogens is 471 g/mol. The maximum atomic E-state index is 13.1. The van der Waals surface area contributed by atoms with E-state index in [2.05, 4.69) is 5.32 Å². The number of halogens is 2. The molecule has 0 atom stereocenters. The van der Waals surface area contributed by atoms with Crippen molar-refractivity contribution < 1.29 is 14.3 Å². The lowest BCUT2D eigenvalue weighted by Gasteiger charge is -2.42. The second-order valence-electron chi connectivity index (χ2n) is 9.52. The van der Waals surface area contributed by atoms with Crippen molar-refractivity contribution in [3.05, 3.63) is 63.6 Å². The van der Waals surface area contributed by atoms with Crippen LogP contribution in [-0.2, 0) is 11.2 Å². The van der Waals surface area contributed by atoms with E-state index in [-0.39, 0.29) is 17.2 Å². The van der Waals surface area contributed by atoms with Crippen LogP contribution in [0.3, 0.4) is 0 Å². The first-order valence-corrected chi connectivity index (χ1v) is 12.9. The molecule has 2 heterocycles. The lowest BCUT2D eigenvalue weighted by molar-refractivity contribution is -0.132. The Morgan fingerprint density at radius 1 is 0.971 bits per heavy atom. The number of nitrogens with one attached hydrogen (secondary N) is 1. The summed E-state index contributed by atoms with van der Waals surface area (Å²) in [5.74, 6) is 0.554. The van der Waals surface area contributed by atoms with Crippen LogP contribution in [0.15, 0.2) is 42.5 Å². The zero-order chi connectivity index (χ0) is 24.0. The molecule has 2 aromatic carbocycles. The topological polar surface area (TPSA) is 58.6 Å². The van der Waals surface area contributed by atoms with Crippen molar-refractivity contribution in [1.82, 2.24) is 10.2 Å². The van der Waals surface area contributed by atoms with E-state index in [4.69, 9.17) is 27.9 Å². The minimum absolute atomic E-state index is 0.00382. The van der Waals surface area contributed by atoms with Gasteiger partial charge in [0, 0.05) is 29.7 Å². The van der Waals surface area contributed by atoms with Crippen LogP contribution in [0.5, 0.6) is 5.75 Å². The van der Waals surface area contributed by atoms with Gasteiger partial charge in [0.05, 0.1) is 18.6 Å². The molecule has 0 saturated carbocycles. The van der Waals surface area contributed by atoms with Crippen molar-refractivity contribution in [2.75, 3.05) is 26.2 Å². The number of benzene rings is 2.